The van der Waals surface area contributed by atoms with Crippen LogP contribution < -0.4 is 5.32 Å². The highest BCUT2D eigenvalue weighted by Crippen LogP contribution is 2.10. The monoisotopic (exact) mass is 216 g/mol. The fraction of sp³-hybridized carbons (Fsp3) is 0.900. The number of carbonyl (C=O) groups is 1. The van der Waals surface area contributed by atoms with Crippen LogP contribution in [0.2, 0.25) is 0 Å². The summed E-state index contributed by atoms with van der Waals surface area (Å²) in [6.45, 7) is 6.79. The average Bonchev–Trinajstić information content (AvgIpc) is 2.17. The Morgan fingerprint density at radius 1 is 1.71 bits per heavy atom. The summed E-state index contributed by atoms with van der Waals surface area (Å²) in [5.41, 5.74) is 0. The van der Waals surface area contributed by atoms with Crippen molar-refractivity contribution in [1.29, 1.82) is 0 Å². The maximum Gasteiger partial charge on any atom is 0.226 e. The summed E-state index contributed by atoms with van der Waals surface area (Å²) in [6.07, 6.45) is 2.05. The molecule has 1 aliphatic heterocycles. The second-order valence-electron chi connectivity index (χ2n) is 4.00. The molecule has 0 aliphatic carbocycles. The normalized spacial score (nSPS) is 24.8. The molecule has 0 spiro atoms. The third kappa shape index (κ3) is 3.17. The molecule has 14 heavy (non-hydrogen) atoms. The molecule has 1 aliphatic rings. The number of hydrogen-bond acceptors (Lipinski definition) is 3. The molecule has 1 heterocycles. The lowest BCUT2D eigenvalue weighted by molar-refractivity contribution is -0.135. The molecule has 1 amide bonds. The van der Waals surface area contributed by atoms with Gasteiger partial charge in [0.15, 0.2) is 0 Å². The van der Waals surface area contributed by atoms with E-state index in [0.29, 0.717) is 11.9 Å². The van der Waals surface area contributed by atoms with Crippen LogP contribution in [-0.2, 0) is 4.79 Å². The summed E-state index contributed by atoms with van der Waals surface area (Å²) < 4.78 is 0. The van der Waals surface area contributed by atoms with Crippen molar-refractivity contribution in [2.45, 2.75) is 19.9 Å². The highest BCUT2D eigenvalue weighted by molar-refractivity contribution is 7.98. The molecule has 4 heteroatoms. The summed E-state index contributed by atoms with van der Waals surface area (Å²) in [7, 11) is 0. The Hall–Kier alpha value is -0.220. The Kier molecular flexibility index (Phi) is 4.75. The number of nitrogens with zero attached hydrogens (tertiary/aromatic N) is 1. The number of amides is 1. The van der Waals surface area contributed by atoms with Gasteiger partial charge in [0.1, 0.15) is 0 Å². The van der Waals surface area contributed by atoms with Crippen LogP contribution in [0.3, 0.4) is 0 Å². The molecular formula is C10H20N2OS. The molecule has 82 valence electrons. The van der Waals surface area contributed by atoms with Crippen molar-refractivity contribution in [1.82, 2.24) is 10.2 Å². The molecule has 1 unspecified atom stereocenters. The van der Waals surface area contributed by atoms with Gasteiger partial charge in [-0.1, -0.05) is 6.92 Å². The van der Waals surface area contributed by atoms with Gasteiger partial charge in [-0.3, -0.25) is 4.79 Å². The summed E-state index contributed by atoms with van der Waals surface area (Å²) in [6, 6.07) is 0.439. The van der Waals surface area contributed by atoms with Gasteiger partial charge in [-0.25, -0.2) is 0 Å². The Bertz CT molecular complexity index is 199. The molecule has 0 radical (unpaired) electrons. The van der Waals surface area contributed by atoms with Gasteiger partial charge in [0.2, 0.25) is 5.91 Å². The number of rotatable bonds is 3. The molecule has 3 nitrogen and oxygen atoms in total. The van der Waals surface area contributed by atoms with Gasteiger partial charge in [0.05, 0.1) is 0 Å². The van der Waals surface area contributed by atoms with E-state index in [-0.39, 0.29) is 5.92 Å². The van der Waals surface area contributed by atoms with Gasteiger partial charge >= 0.3 is 0 Å². The fourth-order valence-electron chi connectivity index (χ4n) is 1.77. The zero-order valence-corrected chi connectivity index (χ0v) is 10.1. The summed E-state index contributed by atoms with van der Waals surface area (Å²) in [5.74, 6) is 1.40. The van der Waals surface area contributed by atoms with Crippen molar-refractivity contribution < 1.29 is 4.79 Å². The van der Waals surface area contributed by atoms with Crippen LogP contribution in [0.1, 0.15) is 13.8 Å². The third-order valence-electron chi connectivity index (χ3n) is 2.52. The van der Waals surface area contributed by atoms with E-state index >= 15 is 0 Å². The van der Waals surface area contributed by atoms with Crippen LogP contribution in [0.5, 0.6) is 0 Å². The van der Waals surface area contributed by atoms with Crippen LogP contribution >= 0.6 is 11.8 Å². The fourth-order valence-corrected chi connectivity index (χ4v) is 2.41. The number of hydrogen-bond donors (Lipinski definition) is 1. The first-order valence-electron chi connectivity index (χ1n) is 5.16. The van der Waals surface area contributed by atoms with E-state index in [1.54, 1.807) is 11.8 Å². The lowest BCUT2D eigenvalue weighted by Crippen LogP contribution is -2.52. The van der Waals surface area contributed by atoms with Crippen LogP contribution in [0.25, 0.3) is 0 Å². The highest BCUT2D eigenvalue weighted by Gasteiger charge is 2.23. The van der Waals surface area contributed by atoms with Crippen molar-refractivity contribution in [3.05, 3.63) is 0 Å². The van der Waals surface area contributed by atoms with Gasteiger partial charge in [-0.2, -0.15) is 11.8 Å². The molecule has 2 atom stereocenters. The predicted molar refractivity (Wildman–Crippen MR) is 61.6 cm³/mol. The van der Waals surface area contributed by atoms with Crippen molar-refractivity contribution >= 4 is 17.7 Å². The molecular weight excluding hydrogens is 196 g/mol. The van der Waals surface area contributed by atoms with E-state index in [1.807, 2.05) is 18.1 Å². The Morgan fingerprint density at radius 2 is 2.43 bits per heavy atom. The zero-order chi connectivity index (χ0) is 10.6. The molecule has 0 bridgehead atoms. The standard InChI is InChI=1S/C10H20N2OS/c1-8(7-14-3)10(13)12-5-4-11-9(2)6-12/h8-9,11H,4-7H2,1-3H3/t8?,9-/m0/s1. The van der Waals surface area contributed by atoms with Crippen molar-refractivity contribution in [2.24, 2.45) is 5.92 Å². The highest BCUT2D eigenvalue weighted by atomic mass is 32.2. The van der Waals surface area contributed by atoms with Crippen LogP contribution in [0.15, 0.2) is 0 Å². The molecule has 0 aromatic rings. The van der Waals surface area contributed by atoms with Gasteiger partial charge in [-0.05, 0) is 13.2 Å². The first-order chi connectivity index (χ1) is 6.65. The second-order valence-corrected chi connectivity index (χ2v) is 4.91. The maximum atomic E-state index is 11.9. The van der Waals surface area contributed by atoms with E-state index in [4.69, 9.17) is 0 Å². The topological polar surface area (TPSA) is 32.3 Å². The summed E-state index contributed by atoms with van der Waals surface area (Å²) in [4.78, 5) is 13.9. The quantitative estimate of drug-likeness (QED) is 0.757. The Labute approximate surface area is 90.6 Å². The van der Waals surface area contributed by atoms with Gasteiger partial charge in [0.25, 0.3) is 0 Å². The predicted octanol–water partition coefficient (Wildman–Crippen LogP) is 0.806. The number of nitrogens with one attached hydrogen (secondary N) is 1. The zero-order valence-electron chi connectivity index (χ0n) is 9.25. The van der Waals surface area contributed by atoms with E-state index in [2.05, 4.69) is 12.2 Å². The van der Waals surface area contributed by atoms with Crippen molar-refractivity contribution in [3.63, 3.8) is 0 Å². The van der Waals surface area contributed by atoms with E-state index < -0.39 is 0 Å². The van der Waals surface area contributed by atoms with Gasteiger partial charge < -0.3 is 10.2 Å². The van der Waals surface area contributed by atoms with Crippen molar-refractivity contribution in [3.8, 4) is 0 Å². The first-order valence-corrected chi connectivity index (χ1v) is 6.55. The molecule has 1 rings (SSSR count). The van der Waals surface area contributed by atoms with Crippen LogP contribution in [0.4, 0.5) is 0 Å². The SMILES string of the molecule is CSCC(C)C(=O)N1CCN[C@@H](C)C1. The van der Waals surface area contributed by atoms with Crippen LogP contribution in [0, 0.1) is 5.92 Å². The minimum Gasteiger partial charge on any atom is -0.340 e. The summed E-state index contributed by atoms with van der Waals surface area (Å²) in [5, 5.41) is 3.34. The second kappa shape index (κ2) is 5.61. The summed E-state index contributed by atoms with van der Waals surface area (Å²) >= 11 is 1.74. The molecule has 1 N–H and O–H groups in total. The molecule has 0 aromatic heterocycles. The largest absolute Gasteiger partial charge is 0.340 e. The van der Waals surface area contributed by atoms with Gasteiger partial charge in [-0.15, -0.1) is 0 Å². The molecule has 0 saturated carbocycles. The lowest BCUT2D eigenvalue weighted by Gasteiger charge is -2.33. The van der Waals surface area contributed by atoms with E-state index in [9.17, 15) is 4.79 Å². The minimum atomic E-state index is 0.162. The molecule has 1 fully saturated rings. The average molecular weight is 216 g/mol. The smallest absolute Gasteiger partial charge is 0.226 e. The first kappa shape index (κ1) is 11.9. The number of carbonyl (C=O) groups excluding carboxylic acids is 1. The minimum absolute atomic E-state index is 0.162. The third-order valence-corrected chi connectivity index (χ3v) is 3.35. The van der Waals surface area contributed by atoms with Crippen molar-refractivity contribution in [2.75, 3.05) is 31.6 Å². The van der Waals surface area contributed by atoms with Gasteiger partial charge in [0, 0.05) is 37.3 Å². The van der Waals surface area contributed by atoms with E-state index in [0.717, 1.165) is 25.4 Å². The maximum absolute atomic E-state index is 11.9. The molecule has 0 aromatic carbocycles. The van der Waals surface area contributed by atoms with E-state index in [1.165, 1.54) is 0 Å². The number of piperazine rings is 1. The Balaban J connectivity index is 2.42. The Morgan fingerprint density at radius 3 is 3.00 bits per heavy atom. The van der Waals surface area contributed by atoms with Crippen LogP contribution in [-0.4, -0.2) is 48.5 Å². The number of thioether (sulfide) groups is 1. The molecule has 1 saturated heterocycles. The lowest BCUT2D eigenvalue weighted by atomic mass is 10.1.